The lowest BCUT2D eigenvalue weighted by Crippen LogP contribution is -1.81. The third kappa shape index (κ3) is 2.07. The van der Waals surface area contributed by atoms with Gasteiger partial charge in [-0.1, -0.05) is 11.6 Å². The first-order valence-corrected chi connectivity index (χ1v) is 6.68. The highest BCUT2D eigenvalue weighted by atomic mass is 35.5. The predicted octanol–water partition coefficient (Wildman–Crippen LogP) is 5.03. The number of rotatable bonds is 2. The lowest BCUT2D eigenvalue weighted by molar-refractivity contribution is 0.568. The Kier molecular flexibility index (Phi) is 2.94. The topological polar surface area (TPSA) is 26.0 Å². The van der Waals surface area contributed by atoms with Crippen LogP contribution in [0.1, 0.15) is 4.88 Å². The zero-order chi connectivity index (χ0) is 12.5. The summed E-state index contributed by atoms with van der Waals surface area (Å²) in [6.45, 7) is 2.02. The van der Waals surface area contributed by atoms with Gasteiger partial charge in [0.2, 0.25) is 0 Å². The number of thiophene rings is 1. The van der Waals surface area contributed by atoms with E-state index in [0.717, 1.165) is 31.6 Å². The van der Waals surface area contributed by atoms with Gasteiger partial charge in [0.05, 0.1) is 23.2 Å². The summed E-state index contributed by atoms with van der Waals surface area (Å²) in [5.41, 5.74) is 3.01. The average Bonchev–Trinajstić information content (AvgIpc) is 3.01. The van der Waals surface area contributed by atoms with Crippen molar-refractivity contribution in [3.63, 3.8) is 0 Å². The molecule has 0 radical (unpaired) electrons. The maximum Gasteiger partial charge on any atom is 0.0996 e. The van der Waals surface area contributed by atoms with Crippen LogP contribution < -0.4 is 0 Å². The first-order chi connectivity index (χ1) is 8.74. The molecule has 0 unspecified atom stereocenters. The molecule has 3 aromatic heterocycles. The molecule has 0 atom stereocenters. The van der Waals surface area contributed by atoms with Gasteiger partial charge in [-0.25, -0.2) is 0 Å². The highest BCUT2D eigenvalue weighted by Gasteiger charge is 2.08. The van der Waals surface area contributed by atoms with E-state index in [2.05, 4.69) is 4.98 Å². The SMILES string of the molecule is Cc1sc(-c2ccnc(-c3ccoc3)c2)cc1Cl. The normalized spacial score (nSPS) is 10.8. The summed E-state index contributed by atoms with van der Waals surface area (Å²) < 4.78 is 5.08. The molecule has 3 aromatic rings. The minimum Gasteiger partial charge on any atom is -0.472 e. The molecule has 2 nitrogen and oxygen atoms in total. The van der Waals surface area contributed by atoms with Crippen LogP contribution in [-0.2, 0) is 0 Å². The van der Waals surface area contributed by atoms with E-state index in [0.29, 0.717) is 0 Å². The largest absolute Gasteiger partial charge is 0.472 e. The molecule has 0 N–H and O–H groups in total. The molecule has 0 saturated heterocycles. The van der Waals surface area contributed by atoms with Gasteiger partial charge in [-0.3, -0.25) is 4.98 Å². The Morgan fingerprint density at radius 2 is 2.11 bits per heavy atom. The Hall–Kier alpha value is -1.58. The maximum atomic E-state index is 6.10. The molecule has 4 heteroatoms. The van der Waals surface area contributed by atoms with Crippen molar-refractivity contribution < 1.29 is 4.42 Å². The van der Waals surface area contributed by atoms with Gasteiger partial charge in [0, 0.05) is 21.5 Å². The molecule has 0 fully saturated rings. The minimum absolute atomic E-state index is 0.816. The van der Waals surface area contributed by atoms with Gasteiger partial charge in [-0.05, 0) is 36.8 Å². The number of hydrogen-bond donors (Lipinski definition) is 0. The molecule has 0 amide bonds. The smallest absolute Gasteiger partial charge is 0.0996 e. The Morgan fingerprint density at radius 3 is 2.78 bits per heavy atom. The van der Waals surface area contributed by atoms with Gasteiger partial charge in [0.25, 0.3) is 0 Å². The number of halogens is 1. The summed E-state index contributed by atoms with van der Waals surface area (Å²) in [5.74, 6) is 0. The van der Waals surface area contributed by atoms with Crippen molar-refractivity contribution in [2.75, 3.05) is 0 Å². The van der Waals surface area contributed by atoms with E-state index in [9.17, 15) is 0 Å². The Bertz CT molecular complexity index is 653. The molecule has 0 aromatic carbocycles. The predicted molar refractivity (Wildman–Crippen MR) is 75.0 cm³/mol. The number of pyridine rings is 1. The fourth-order valence-corrected chi connectivity index (χ4v) is 2.95. The van der Waals surface area contributed by atoms with Crippen molar-refractivity contribution in [3.05, 3.63) is 52.9 Å². The number of furan rings is 1. The van der Waals surface area contributed by atoms with Crippen LogP contribution in [0.15, 0.2) is 47.4 Å². The lowest BCUT2D eigenvalue weighted by atomic mass is 10.1. The fraction of sp³-hybridized carbons (Fsp3) is 0.0714. The standard InChI is InChI=1S/C14H10ClNOS/c1-9-12(15)7-14(18-9)10-2-4-16-13(6-10)11-3-5-17-8-11/h2-8H,1H3. The van der Waals surface area contributed by atoms with Crippen molar-refractivity contribution >= 4 is 22.9 Å². The van der Waals surface area contributed by atoms with E-state index in [4.69, 9.17) is 16.0 Å². The molecular formula is C14H10ClNOS. The molecule has 0 spiro atoms. The van der Waals surface area contributed by atoms with Gasteiger partial charge in [0.15, 0.2) is 0 Å². The van der Waals surface area contributed by atoms with Crippen molar-refractivity contribution in [2.24, 2.45) is 0 Å². The van der Waals surface area contributed by atoms with Crippen LogP contribution in [0.4, 0.5) is 0 Å². The fourth-order valence-electron chi connectivity index (χ4n) is 1.75. The molecule has 3 rings (SSSR count). The Labute approximate surface area is 114 Å². The molecule has 0 saturated carbocycles. The second-order valence-corrected chi connectivity index (χ2v) is 5.62. The molecule has 0 aliphatic heterocycles. The van der Waals surface area contributed by atoms with Crippen molar-refractivity contribution in [1.29, 1.82) is 0 Å². The number of hydrogen-bond acceptors (Lipinski definition) is 3. The van der Waals surface area contributed by atoms with E-state index in [-0.39, 0.29) is 0 Å². The van der Waals surface area contributed by atoms with Crippen molar-refractivity contribution in [3.8, 4) is 21.7 Å². The van der Waals surface area contributed by atoms with E-state index < -0.39 is 0 Å². The summed E-state index contributed by atoms with van der Waals surface area (Å²) in [7, 11) is 0. The first-order valence-electron chi connectivity index (χ1n) is 5.49. The van der Waals surface area contributed by atoms with E-state index in [1.54, 1.807) is 30.1 Å². The molecular weight excluding hydrogens is 266 g/mol. The Morgan fingerprint density at radius 1 is 1.22 bits per heavy atom. The zero-order valence-electron chi connectivity index (χ0n) is 9.68. The van der Waals surface area contributed by atoms with Gasteiger partial charge in [-0.15, -0.1) is 11.3 Å². The van der Waals surface area contributed by atoms with Gasteiger partial charge >= 0.3 is 0 Å². The highest BCUT2D eigenvalue weighted by molar-refractivity contribution is 7.16. The summed E-state index contributed by atoms with van der Waals surface area (Å²) in [5, 5.41) is 0.816. The van der Waals surface area contributed by atoms with Crippen LogP contribution in [0.3, 0.4) is 0 Å². The van der Waals surface area contributed by atoms with Gasteiger partial charge in [-0.2, -0.15) is 0 Å². The number of aromatic nitrogens is 1. The molecule has 0 aliphatic rings. The van der Waals surface area contributed by atoms with E-state index in [1.165, 1.54) is 0 Å². The highest BCUT2D eigenvalue weighted by Crippen LogP contribution is 2.34. The van der Waals surface area contributed by atoms with Crippen molar-refractivity contribution in [2.45, 2.75) is 6.92 Å². The molecule has 3 heterocycles. The van der Waals surface area contributed by atoms with Crippen LogP contribution in [-0.4, -0.2) is 4.98 Å². The quantitative estimate of drug-likeness (QED) is 0.655. The molecule has 0 aliphatic carbocycles. The second-order valence-electron chi connectivity index (χ2n) is 3.96. The summed E-state index contributed by atoms with van der Waals surface area (Å²) in [6.07, 6.45) is 5.15. The van der Waals surface area contributed by atoms with E-state index in [1.807, 2.05) is 31.2 Å². The summed E-state index contributed by atoms with van der Waals surface area (Å²) in [4.78, 5) is 6.64. The van der Waals surface area contributed by atoms with Crippen LogP contribution in [0.2, 0.25) is 5.02 Å². The van der Waals surface area contributed by atoms with Crippen LogP contribution in [0, 0.1) is 6.92 Å². The monoisotopic (exact) mass is 275 g/mol. The zero-order valence-corrected chi connectivity index (χ0v) is 11.3. The molecule has 90 valence electrons. The number of nitrogens with zero attached hydrogens (tertiary/aromatic N) is 1. The molecule has 0 bridgehead atoms. The average molecular weight is 276 g/mol. The maximum absolute atomic E-state index is 6.10. The Balaban J connectivity index is 2.06. The van der Waals surface area contributed by atoms with Crippen LogP contribution in [0.5, 0.6) is 0 Å². The first kappa shape index (κ1) is 11.5. The van der Waals surface area contributed by atoms with Gasteiger partial charge in [0.1, 0.15) is 0 Å². The van der Waals surface area contributed by atoms with Crippen LogP contribution >= 0.6 is 22.9 Å². The third-order valence-corrected chi connectivity index (χ3v) is 4.32. The summed E-state index contributed by atoms with van der Waals surface area (Å²) >= 11 is 7.79. The summed E-state index contributed by atoms with van der Waals surface area (Å²) in [6, 6.07) is 7.94. The lowest BCUT2D eigenvalue weighted by Gasteiger charge is -2.00. The van der Waals surface area contributed by atoms with Crippen molar-refractivity contribution in [1.82, 2.24) is 4.98 Å². The van der Waals surface area contributed by atoms with Crippen LogP contribution in [0.25, 0.3) is 21.7 Å². The number of aryl methyl sites for hydroxylation is 1. The minimum atomic E-state index is 0.816. The van der Waals surface area contributed by atoms with E-state index >= 15 is 0 Å². The molecule has 18 heavy (non-hydrogen) atoms. The third-order valence-electron chi connectivity index (χ3n) is 2.72. The van der Waals surface area contributed by atoms with Gasteiger partial charge < -0.3 is 4.42 Å². The second kappa shape index (κ2) is 4.59.